The van der Waals surface area contributed by atoms with Crippen LogP contribution in [0.25, 0.3) is 0 Å². The quantitative estimate of drug-likeness (QED) is 0.644. The number of nitrogens with one attached hydrogen (secondary N) is 1. The molecular formula is C12H18N2O4. The Balaban J connectivity index is 2.59. The van der Waals surface area contributed by atoms with E-state index in [1.807, 2.05) is 12.1 Å². The van der Waals surface area contributed by atoms with Crippen molar-refractivity contribution in [2.45, 2.75) is 12.6 Å². The van der Waals surface area contributed by atoms with Crippen molar-refractivity contribution >= 4 is 5.97 Å². The standard InChI is InChI=1S/C12H18N2O4/c1-17-9-4-3-8(11(5-9)18-2)6-14-7-10(13)12(15)16/h3-5,10,14H,6-7,13H2,1-2H3,(H,15,16). The molecule has 18 heavy (non-hydrogen) atoms. The normalized spacial score (nSPS) is 11.9. The lowest BCUT2D eigenvalue weighted by Gasteiger charge is -2.12. The van der Waals surface area contributed by atoms with Gasteiger partial charge >= 0.3 is 5.97 Å². The fraction of sp³-hybridized carbons (Fsp3) is 0.417. The Labute approximate surface area is 106 Å². The Kier molecular flexibility index (Phi) is 5.41. The van der Waals surface area contributed by atoms with E-state index in [1.165, 1.54) is 0 Å². The topological polar surface area (TPSA) is 93.8 Å². The molecule has 0 aliphatic carbocycles. The molecule has 0 aliphatic rings. The molecule has 0 fully saturated rings. The number of carboxylic acids is 1. The molecule has 1 atom stereocenters. The lowest BCUT2D eigenvalue weighted by molar-refractivity contribution is -0.138. The van der Waals surface area contributed by atoms with E-state index in [1.54, 1.807) is 20.3 Å². The van der Waals surface area contributed by atoms with Gasteiger partial charge in [-0.1, -0.05) is 6.07 Å². The van der Waals surface area contributed by atoms with Gasteiger partial charge in [-0.15, -0.1) is 0 Å². The molecule has 0 heterocycles. The van der Waals surface area contributed by atoms with Crippen LogP contribution in [0.4, 0.5) is 0 Å². The van der Waals surface area contributed by atoms with Gasteiger partial charge in [0, 0.05) is 24.7 Å². The third-order valence-corrected chi connectivity index (χ3v) is 2.49. The molecule has 100 valence electrons. The zero-order valence-electron chi connectivity index (χ0n) is 10.5. The van der Waals surface area contributed by atoms with Crippen molar-refractivity contribution in [2.24, 2.45) is 5.73 Å². The van der Waals surface area contributed by atoms with Crippen LogP contribution in [-0.2, 0) is 11.3 Å². The van der Waals surface area contributed by atoms with Gasteiger partial charge in [-0.25, -0.2) is 0 Å². The van der Waals surface area contributed by atoms with Gasteiger partial charge in [-0.2, -0.15) is 0 Å². The van der Waals surface area contributed by atoms with Crippen LogP contribution in [-0.4, -0.2) is 37.9 Å². The highest BCUT2D eigenvalue weighted by Gasteiger charge is 2.11. The largest absolute Gasteiger partial charge is 0.497 e. The second kappa shape index (κ2) is 6.83. The molecule has 0 amide bonds. The minimum atomic E-state index is -1.02. The fourth-order valence-corrected chi connectivity index (χ4v) is 1.45. The Hall–Kier alpha value is -1.79. The van der Waals surface area contributed by atoms with Crippen LogP contribution >= 0.6 is 0 Å². The number of hydrogen-bond donors (Lipinski definition) is 3. The SMILES string of the molecule is COc1ccc(CNCC(N)C(=O)O)c(OC)c1. The summed E-state index contributed by atoms with van der Waals surface area (Å²) < 4.78 is 10.3. The number of rotatable bonds is 7. The molecule has 0 bridgehead atoms. The maximum absolute atomic E-state index is 10.5. The van der Waals surface area contributed by atoms with Crippen molar-refractivity contribution in [2.75, 3.05) is 20.8 Å². The average molecular weight is 254 g/mol. The van der Waals surface area contributed by atoms with E-state index in [0.717, 1.165) is 5.56 Å². The van der Waals surface area contributed by atoms with Gasteiger partial charge in [0.05, 0.1) is 14.2 Å². The van der Waals surface area contributed by atoms with E-state index in [4.69, 9.17) is 20.3 Å². The van der Waals surface area contributed by atoms with Gasteiger partial charge in [0.25, 0.3) is 0 Å². The van der Waals surface area contributed by atoms with E-state index in [-0.39, 0.29) is 6.54 Å². The van der Waals surface area contributed by atoms with Crippen molar-refractivity contribution in [1.29, 1.82) is 0 Å². The summed E-state index contributed by atoms with van der Waals surface area (Å²) in [4.78, 5) is 10.5. The van der Waals surface area contributed by atoms with Gasteiger partial charge in [0.1, 0.15) is 17.5 Å². The molecule has 0 spiro atoms. The summed E-state index contributed by atoms with van der Waals surface area (Å²) in [5.41, 5.74) is 6.30. The Morgan fingerprint density at radius 2 is 2.17 bits per heavy atom. The molecule has 0 aliphatic heterocycles. The third kappa shape index (κ3) is 3.90. The summed E-state index contributed by atoms with van der Waals surface area (Å²) in [5, 5.41) is 11.6. The highest BCUT2D eigenvalue weighted by molar-refractivity contribution is 5.73. The van der Waals surface area contributed by atoms with Crippen LogP contribution < -0.4 is 20.5 Å². The molecule has 1 aromatic rings. The van der Waals surface area contributed by atoms with Crippen LogP contribution in [0.5, 0.6) is 11.5 Å². The summed E-state index contributed by atoms with van der Waals surface area (Å²) >= 11 is 0. The Bertz CT molecular complexity index is 409. The number of carbonyl (C=O) groups is 1. The Morgan fingerprint density at radius 3 is 2.72 bits per heavy atom. The molecule has 1 rings (SSSR count). The molecule has 0 saturated heterocycles. The number of carboxylic acid groups (broad SMARTS) is 1. The minimum absolute atomic E-state index is 0.199. The summed E-state index contributed by atoms with van der Waals surface area (Å²) in [6, 6.07) is 4.54. The molecule has 0 radical (unpaired) electrons. The van der Waals surface area contributed by atoms with Crippen LogP contribution in [0.3, 0.4) is 0 Å². The number of benzene rings is 1. The number of methoxy groups -OCH3 is 2. The maximum atomic E-state index is 10.5. The molecule has 6 heteroatoms. The lowest BCUT2D eigenvalue weighted by atomic mass is 10.2. The first kappa shape index (κ1) is 14.3. The predicted octanol–water partition coefficient (Wildman–Crippen LogP) is 0.205. The number of hydrogen-bond acceptors (Lipinski definition) is 5. The number of nitrogens with two attached hydrogens (primary N) is 1. The minimum Gasteiger partial charge on any atom is -0.497 e. The van der Waals surface area contributed by atoms with Gasteiger partial charge in [-0.3, -0.25) is 4.79 Å². The van der Waals surface area contributed by atoms with E-state index < -0.39 is 12.0 Å². The van der Waals surface area contributed by atoms with E-state index in [2.05, 4.69) is 5.32 Å². The van der Waals surface area contributed by atoms with Crippen molar-refractivity contribution in [3.63, 3.8) is 0 Å². The van der Waals surface area contributed by atoms with Crippen molar-refractivity contribution in [1.82, 2.24) is 5.32 Å². The van der Waals surface area contributed by atoms with Crippen LogP contribution in [0.1, 0.15) is 5.56 Å². The fourth-order valence-electron chi connectivity index (χ4n) is 1.45. The second-order valence-electron chi connectivity index (χ2n) is 3.75. The van der Waals surface area contributed by atoms with E-state index >= 15 is 0 Å². The third-order valence-electron chi connectivity index (χ3n) is 2.49. The Morgan fingerprint density at radius 1 is 1.44 bits per heavy atom. The van der Waals surface area contributed by atoms with E-state index in [9.17, 15) is 4.79 Å². The van der Waals surface area contributed by atoms with Crippen molar-refractivity contribution in [3.8, 4) is 11.5 Å². The predicted molar refractivity (Wildman–Crippen MR) is 66.9 cm³/mol. The molecule has 4 N–H and O–H groups in total. The second-order valence-corrected chi connectivity index (χ2v) is 3.75. The average Bonchev–Trinajstić information content (AvgIpc) is 2.38. The van der Waals surface area contributed by atoms with Gasteiger partial charge in [0.15, 0.2) is 0 Å². The van der Waals surface area contributed by atoms with Crippen molar-refractivity contribution in [3.05, 3.63) is 23.8 Å². The summed E-state index contributed by atoms with van der Waals surface area (Å²) in [6.07, 6.45) is 0. The zero-order chi connectivity index (χ0) is 13.5. The number of ether oxygens (including phenoxy) is 2. The van der Waals surface area contributed by atoms with Gasteiger partial charge in [-0.05, 0) is 6.07 Å². The molecule has 1 unspecified atom stereocenters. The summed E-state index contributed by atoms with van der Waals surface area (Å²) in [5.74, 6) is 0.368. The summed E-state index contributed by atoms with van der Waals surface area (Å²) in [7, 11) is 3.15. The molecular weight excluding hydrogens is 236 g/mol. The highest BCUT2D eigenvalue weighted by Crippen LogP contribution is 2.24. The lowest BCUT2D eigenvalue weighted by Crippen LogP contribution is -2.40. The zero-order valence-corrected chi connectivity index (χ0v) is 10.5. The van der Waals surface area contributed by atoms with Gasteiger partial charge < -0.3 is 25.6 Å². The van der Waals surface area contributed by atoms with E-state index in [0.29, 0.717) is 18.0 Å². The first-order valence-corrected chi connectivity index (χ1v) is 5.48. The molecule has 6 nitrogen and oxygen atoms in total. The monoisotopic (exact) mass is 254 g/mol. The smallest absolute Gasteiger partial charge is 0.321 e. The van der Waals surface area contributed by atoms with Crippen molar-refractivity contribution < 1.29 is 19.4 Å². The molecule has 0 saturated carbocycles. The first-order valence-electron chi connectivity index (χ1n) is 5.48. The van der Waals surface area contributed by atoms with Gasteiger partial charge in [0.2, 0.25) is 0 Å². The molecule has 1 aromatic carbocycles. The van der Waals surface area contributed by atoms with Crippen LogP contribution in [0.15, 0.2) is 18.2 Å². The summed E-state index contributed by atoms with van der Waals surface area (Å²) in [6.45, 7) is 0.679. The maximum Gasteiger partial charge on any atom is 0.321 e. The number of aliphatic carboxylic acids is 1. The van der Waals surface area contributed by atoms with Crippen LogP contribution in [0, 0.1) is 0 Å². The highest BCUT2D eigenvalue weighted by atomic mass is 16.5. The molecule has 0 aromatic heterocycles. The van der Waals surface area contributed by atoms with Crippen LogP contribution in [0.2, 0.25) is 0 Å². The first-order chi connectivity index (χ1) is 8.58.